The second-order valence-electron chi connectivity index (χ2n) is 4.15. The normalized spacial score (nSPS) is 9.24. The van der Waals surface area contributed by atoms with Gasteiger partial charge in [-0.3, -0.25) is 0 Å². The Morgan fingerprint density at radius 2 is 0.920 bits per heavy atom. The van der Waals surface area contributed by atoms with Crippen molar-refractivity contribution in [1.82, 2.24) is 0 Å². The van der Waals surface area contributed by atoms with Crippen molar-refractivity contribution in [2.75, 3.05) is 39.5 Å². The van der Waals surface area contributed by atoms with E-state index in [-0.39, 0.29) is 19.8 Å². The molecule has 0 rings (SSSR count). The van der Waals surface area contributed by atoms with E-state index in [9.17, 15) is 29.7 Å². The second-order valence-corrected chi connectivity index (χ2v) is 4.15. The van der Waals surface area contributed by atoms with Crippen molar-refractivity contribution in [3.05, 3.63) is 0 Å². The molecular formula is C12H29N3O10. The Morgan fingerprint density at radius 1 is 0.720 bits per heavy atom. The van der Waals surface area contributed by atoms with Crippen molar-refractivity contribution < 1.29 is 67.3 Å². The van der Waals surface area contributed by atoms with E-state index in [0.717, 1.165) is 0 Å². The van der Waals surface area contributed by atoms with Gasteiger partial charge in [0.05, 0.1) is 45.4 Å². The van der Waals surface area contributed by atoms with Crippen LogP contribution < -0.4 is 32.5 Å². The monoisotopic (exact) mass is 375 g/mol. The Hall–Kier alpha value is -1.87. The first-order valence-electron chi connectivity index (χ1n) is 7.06. The maximum Gasteiger partial charge on any atom is 0.114 e. The SMILES string of the molecule is O=C([O-])CC(O)(CC(=O)[O-])C(=O)[O-].[NH3+]CCO.[NH3+]CCO.[NH3+]CCO. The highest BCUT2D eigenvalue weighted by molar-refractivity contribution is 5.86. The summed E-state index contributed by atoms with van der Waals surface area (Å²) in [5, 5.41) is 62.4. The fraction of sp³-hybridized carbons (Fsp3) is 0.750. The van der Waals surface area contributed by atoms with Crippen LogP contribution in [-0.2, 0) is 14.4 Å². The smallest absolute Gasteiger partial charge is 0.114 e. The Labute approximate surface area is 144 Å². The predicted molar refractivity (Wildman–Crippen MR) is 73.7 cm³/mol. The Kier molecular flexibility index (Phi) is 27.4. The number of rotatable bonds is 8. The van der Waals surface area contributed by atoms with Crippen LogP contribution >= 0.6 is 0 Å². The number of aliphatic carboxylic acids is 3. The summed E-state index contributed by atoms with van der Waals surface area (Å²) in [6, 6.07) is 0. The summed E-state index contributed by atoms with van der Waals surface area (Å²) in [7, 11) is 0. The van der Waals surface area contributed by atoms with Gasteiger partial charge < -0.3 is 67.3 Å². The first-order valence-corrected chi connectivity index (χ1v) is 7.06. The molecule has 0 fully saturated rings. The Bertz CT molecular complexity index is 310. The molecule has 25 heavy (non-hydrogen) atoms. The highest BCUT2D eigenvalue weighted by Crippen LogP contribution is 2.13. The number of carbonyl (C=O) groups is 3. The van der Waals surface area contributed by atoms with Gasteiger partial charge in [-0.15, -0.1) is 0 Å². The van der Waals surface area contributed by atoms with Gasteiger partial charge in [0.15, 0.2) is 0 Å². The Balaban J connectivity index is -0.000000150. The van der Waals surface area contributed by atoms with Crippen LogP contribution in [0.5, 0.6) is 0 Å². The molecule has 0 spiro atoms. The molecule has 0 aromatic rings. The van der Waals surface area contributed by atoms with Crippen molar-refractivity contribution in [3.8, 4) is 0 Å². The predicted octanol–water partition coefficient (Wildman–Crippen LogP) is -10.6. The lowest BCUT2D eigenvalue weighted by molar-refractivity contribution is -0.372. The zero-order valence-corrected chi connectivity index (χ0v) is 14.0. The number of aliphatic hydroxyl groups is 4. The lowest BCUT2D eigenvalue weighted by Gasteiger charge is -2.29. The van der Waals surface area contributed by atoms with E-state index in [0.29, 0.717) is 19.6 Å². The molecule has 0 bridgehead atoms. The molecule has 0 aromatic heterocycles. The first-order chi connectivity index (χ1) is 11.5. The van der Waals surface area contributed by atoms with Crippen molar-refractivity contribution >= 4 is 17.9 Å². The van der Waals surface area contributed by atoms with Crippen molar-refractivity contribution in [3.63, 3.8) is 0 Å². The van der Waals surface area contributed by atoms with Crippen molar-refractivity contribution in [1.29, 1.82) is 0 Å². The van der Waals surface area contributed by atoms with Crippen LogP contribution in [0.3, 0.4) is 0 Å². The van der Waals surface area contributed by atoms with Crippen LogP contribution in [0.4, 0.5) is 0 Å². The van der Waals surface area contributed by atoms with Crippen LogP contribution in [0.1, 0.15) is 12.8 Å². The number of hydrogen-bond acceptors (Lipinski definition) is 10. The van der Waals surface area contributed by atoms with Gasteiger partial charge in [0.1, 0.15) is 5.60 Å². The number of carboxylic acids is 3. The van der Waals surface area contributed by atoms with E-state index in [2.05, 4.69) is 17.2 Å². The van der Waals surface area contributed by atoms with E-state index < -0.39 is 36.4 Å². The average molecular weight is 375 g/mol. The molecule has 0 radical (unpaired) electrons. The molecule has 0 saturated heterocycles. The van der Waals surface area contributed by atoms with Crippen LogP contribution in [0.15, 0.2) is 0 Å². The van der Waals surface area contributed by atoms with Gasteiger partial charge in [0.2, 0.25) is 0 Å². The zero-order chi connectivity index (χ0) is 20.9. The number of carbonyl (C=O) groups excluding carboxylic acids is 3. The topological polar surface area (TPSA) is 284 Å². The van der Waals surface area contributed by atoms with E-state index in [1.54, 1.807) is 0 Å². The molecule has 0 aliphatic carbocycles. The summed E-state index contributed by atoms with van der Waals surface area (Å²) in [5.41, 5.74) is 7.09. The standard InChI is InChI=1S/C6H8O7.3C2H7NO/c7-3(8)1-6(13,5(11)12)2-4(9)10;3*3-1-2-4/h13H,1-2H2,(H,7,8)(H,9,10)(H,11,12);3*4H,1-3H2. The molecule has 13 heteroatoms. The van der Waals surface area contributed by atoms with Gasteiger partial charge >= 0.3 is 0 Å². The summed E-state index contributed by atoms with van der Waals surface area (Å²) in [6.45, 7) is 2.50. The highest BCUT2D eigenvalue weighted by Gasteiger charge is 2.29. The number of carboxylic acid groups (broad SMARTS) is 3. The molecule has 0 amide bonds. The summed E-state index contributed by atoms with van der Waals surface area (Å²) >= 11 is 0. The molecule has 0 saturated carbocycles. The minimum atomic E-state index is -2.97. The van der Waals surface area contributed by atoms with Gasteiger partial charge in [0.25, 0.3) is 0 Å². The van der Waals surface area contributed by atoms with Crippen LogP contribution in [0.25, 0.3) is 0 Å². The summed E-state index contributed by atoms with van der Waals surface area (Å²) in [4.78, 5) is 30.0. The summed E-state index contributed by atoms with van der Waals surface area (Å²) in [5.74, 6) is -5.98. The van der Waals surface area contributed by atoms with E-state index in [4.69, 9.17) is 20.4 Å². The molecule has 152 valence electrons. The van der Waals surface area contributed by atoms with Crippen LogP contribution in [-0.4, -0.2) is 83.4 Å². The minimum absolute atomic E-state index is 0.208. The summed E-state index contributed by atoms with van der Waals surface area (Å²) < 4.78 is 0. The highest BCUT2D eigenvalue weighted by atomic mass is 16.4. The molecule has 13 nitrogen and oxygen atoms in total. The lowest BCUT2D eigenvalue weighted by atomic mass is 9.96. The quantitative estimate of drug-likeness (QED) is 0.210. The number of aliphatic hydroxyl groups excluding tert-OH is 3. The fourth-order valence-corrected chi connectivity index (χ4v) is 0.684. The van der Waals surface area contributed by atoms with Gasteiger partial charge in [-0.25, -0.2) is 0 Å². The van der Waals surface area contributed by atoms with Crippen molar-refractivity contribution in [2.45, 2.75) is 18.4 Å². The fourth-order valence-electron chi connectivity index (χ4n) is 0.684. The Morgan fingerprint density at radius 3 is 1.00 bits per heavy atom. The average Bonchev–Trinajstić information content (AvgIpc) is 2.53. The van der Waals surface area contributed by atoms with E-state index in [1.165, 1.54) is 0 Å². The van der Waals surface area contributed by atoms with E-state index in [1.807, 2.05) is 0 Å². The van der Waals surface area contributed by atoms with E-state index >= 15 is 0 Å². The molecule has 0 aliphatic heterocycles. The van der Waals surface area contributed by atoms with Crippen LogP contribution in [0.2, 0.25) is 0 Å². The van der Waals surface area contributed by atoms with Crippen molar-refractivity contribution in [2.24, 2.45) is 0 Å². The third kappa shape index (κ3) is 30.6. The van der Waals surface area contributed by atoms with Gasteiger partial charge in [-0.1, -0.05) is 0 Å². The third-order valence-corrected chi connectivity index (χ3v) is 1.73. The van der Waals surface area contributed by atoms with Gasteiger partial charge in [-0.2, -0.15) is 0 Å². The minimum Gasteiger partial charge on any atom is -0.550 e. The first kappa shape index (κ1) is 31.0. The largest absolute Gasteiger partial charge is 0.550 e. The molecule has 0 aromatic carbocycles. The molecule has 13 N–H and O–H groups in total. The molecule has 0 heterocycles. The maximum atomic E-state index is 10.1. The molecule has 0 unspecified atom stereocenters. The van der Waals surface area contributed by atoms with Crippen LogP contribution in [0, 0.1) is 0 Å². The number of hydrogen-bond donors (Lipinski definition) is 7. The third-order valence-electron chi connectivity index (χ3n) is 1.73. The second kappa shape index (κ2) is 22.1. The molecule has 0 atom stereocenters. The molecular weight excluding hydrogens is 346 g/mol. The molecule has 0 aliphatic rings. The lowest BCUT2D eigenvalue weighted by Crippen LogP contribution is -2.54. The summed E-state index contributed by atoms with van der Waals surface area (Å²) in [6.07, 6.45) is -2.72. The maximum absolute atomic E-state index is 10.1. The number of quaternary nitrogens is 3. The zero-order valence-electron chi connectivity index (χ0n) is 14.0. The van der Waals surface area contributed by atoms with Gasteiger partial charge in [-0.05, 0) is 0 Å². The van der Waals surface area contributed by atoms with Gasteiger partial charge in [0, 0.05) is 24.8 Å².